The molecule has 116 valence electrons. The van der Waals surface area contributed by atoms with E-state index in [0.29, 0.717) is 10.6 Å². The third-order valence-electron chi connectivity index (χ3n) is 3.27. The summed E-state index contributed by atoms with van der Waals surface area (Å²) in [5.74, 6) is -0.927. The number of carbonyl (C=O) groups excluding carboxylic acids is 2. The second-order valence-electron chi connectivity index (χ2n) is 4.88. The number of ketones is 1. The first kappa shape index (κ1) is 15.1. The molecule has 2 N–H and O–H groups in total. The van der Waals surface area contributed by atoms with Crippen molar-refractivity contribution in [2.75, 3.05) is 12.3 Å². The molecule has 2 aromatic carbocycles. The van der Waals surface area contributed by atoms with Crippen molar-refractivity contribution >= 4 is 40.0 Å². The van der Waals surface area contributed by atoms with Gasteiger partial charge in [0.05, 0.1) is 16.3 Å². The van der Waals surface area contributed by atoms with Gasteiger partial charge in [-0.3, -0.25) is 4.79 Å². The van der Waals surface area contributed by atoms with Gasteiger partial charge in [0.15, 0.2) is 12.4 Å². The van der Waals surface area contributed by atoms with Crippen LogP contribution in [0.5, 0.6) is 0 Å². The number of carbonyl (C=O) groups is 2. The van der Waals surface area contributed by atoms with Gasteiger partial charge in [0.25, 0.3) is 0 Å². The van der Waals surface area contributed by atoms with Gasteiger partial charge in [0.1, 0.15) is 5.58 Å². The SMILES string of the molecule is Nc1cc(C(=O)OCC(=O)c2cc3ccccc3o2)ccc1Cl. The molecule has 6 heteroatoms. The molecule has 0 saturated heterocycles. The topological polar surface area (TPSA) is 82.5 Å². The van der Waals surface area contributed by atoms with Crippen LogP contribution in [0.1, 0.15) is 20.9 Å². The number of rotatable bonds is 4. The Morgan fingerprint density at radius 2 is 1.91 bits per heavy atom. The van der Waals surface area contributed by atoms with Gasteiger partial charge >= 0.3 is 5.97 Å². The Balaban J connectivity index is 1.68. The summed E-state index contributed by atoms with van der Waals surface area (Å²) >= 11 is 5.79. The molecule has 0 aliphatic rings. The second kappa shape index (κ2) is 6.14. The Labute approximate surface area is 136 Å². The summed E-state index contributed by atoms with van der Waals surface area (Å²) in [6, 6.07) is 13.2. The van der Waals surface area contributed by atoms with Crippen LogP contribution in [0.3, 0.4) is 0 Å². The van der Waals surface area contributed by atoms with E-state index >= 15 is 0 Å². The molecule has 5 nitrogen and oxygen atoms in total. The fraction of sp³-hybridized carbons (Fsp3) is 0.0588. The number of nitrogen functional groups attached to an aromatic ring is 1. The van der Waals surface area contributed by atoms with Crippen molar-refractivity contribution in [3.05, 3.63) is 64.9 Å². The van der Waals surface area contributed by atoms with Crippen molar-refractivity contribution in [3.8, 4) is 0 Å². The van der Waals surface area contributed by atoms with Gasteiger partial charge in [-0.2, -0.15) is 0 Å². The molecule has 1 heterocycles. The number of nitrogens with two attached hydrogens (primary N) is 1. The van der Waals surface area contributed by atoms with Gasteiger partial charge in [-0.05, 0) is 30.3 Å². The van der Waals surface area contributed by atoms with E-state index in [-0.39, 0.29) is 17.0 Å². The highest BCUT2D eigenvalue weighted by atomic mass is 35.5. The number of benzene rings is 2. The molecule has 0 spiro atoms. The van der Waals surface area contributed by atoms with E-state index < -0.39 is 18.4 Å². The highest BCUT2D eigenvalue weighted by Crippen LogP contribution is 2.21. The molecule has 0 unspecified atom stereocenters. The maximum atomic E-state index is 12.1. The predicted molar refractivity (Wildman–Crippen MR) is 86.7 cm³/mol. The van der Waals surface area contributed by atoms with E-state index in [2.05, 4.69) is 0 Å². The molecule has 0 amide bonds. The molecule has 23 heavy (non-hydrogen) atoms. The first-order valence-electron chi connectivity index (χ1n) is 6.78. The largest absolute Gasteiger partial charge is 0.454 e. The minimum absolute atomic E-state index is 0.148. The van der Waals surface area contributed by atoms with E-state index in [4.69, 9.17) is 26.5 Å². The van der Waals surface area contributed by atoms with Crippen LogP contribution in [0.2, 0.25) is 5.02 Å². The first-order chi connectivity index (χ1) is 11.0. The molecule has 3 aromatic rings. The van der Waals surface area contributed by atoms with E-state index in [1.54, 1.807) is 12.1 Å². The van der Waals surface area contributed by atoms with Crippen LogP contribution < -0.4 is 5.73 Å². The van der Waals surface area contributed by atoms with Crippen LogP contribution in [-0.2, 0) is 4.74 Å². The normalized spacial score (nSPS) is 10.7. The fourth-order valence-corrected chi connectivity index (χ4v) is 2.19. The molecule has 0 radical (unpaired) electrons. The number of Topliss-reactive ketones (excluding diaryl/α,β-unsaturated/α-hetero) is 1. The molecule has 3 rings (SSSR count). The molecule has 0 aliphatic carbocycles. The molecule has 0 saturated carbocycles. The zero-order valence-electron chi connectivity index (χ0n) is 11.9. The number of ether oxygens (including phenoxy) is 1. The standard InChI is InChI=1S/C17H12ClNO4/c18-12-6-5-11(7-13(12)19)17(21)22-9-14(20)16-8-10-3-1-2-4-15(10)23-16/h1-8H,9,19H2. The lowest BCUT2D eigenvalue weighted by Crippen LogP contribution is -2.14. The third kappa shape index (κ3) is 3.19. The van der Waals surface area contributed by atoms with Gasteiger partial charge in [-0.25, -0.2) is 4.79 Å². The molecular weight excluding hydrogens is 318 g/mol. The summed E-state index contributed by atoms with van der Waals surface area (Å²) in [6.07, 6.45) is 0. The highest BCUT2D eigenvalue weighted by Gasteiger charge is 2.16. The summed E-state index contributed by atoms with van der Waals surface area (Å²) in [5.41, 5.74) is 6.73. The molecule has 0 fully saturated rings. The number of furan rings is 1. The zero-order valence-corrected chi connectivity index (χ0v) is 12.7. The number of esters is 1. The van der Waals surface area contributed by atoms with E-state index in [9.17, 15) is 9.59 Å². The molecule has 0 aliphatic heterocycles. The van der Waals surface area contributed by atoms with Crippen LogP contribution in [0.15, 0.2) is 52.9 Å². The Morgan fingerprint density at radius 3 is 2.65 bits per heavy atom. The first-order valence-corrected chi connectivity index (χ1v) is 7.16. The highest BCUT2D eigenvalue weighted by molar-refractivity contribution is 6.33. The minimum Gasteiger partial charge on any atom is -0.454 e. The molecular formula is C17H12ClNO4. The number of anilines is 1. The van der Waals surface area contributed by atoms with Crippen LogP contribution in [-0.4, -0.2) is 18.4 Å². The van der Waals surface area contributed by atoms with Crippen LogP contribution in [0.4, 0.5) is 5.69 Å². The lowest BCUT2D eigenvalue weighted by Gasteiger charge is -2.04. The second-order valence-corrected chi connectivity index (χ2v) is 5.29. The zero-order chi connectivity index (χ0) is 16.4. The third-order valence-corrected chi connectivity index (χ3v) is 3.61. The van der Waals surface area contributed by atoms with Crippen LogP contribution in [0, 0.1) is 0 Å². The van der Waals surface area contributed by atoms with Crippen molar-refractivity contribution in [3.63, 3.8) is 0 Å². The average Bonchev–Trinajstić information content (AvgIpc) is 2.99. The summed E-state index contributed by atoms with van der Waals surface area (Å²) < 4.78 is 10.4. The van der Waals surface area contributed by atoms with Gasteiger partial charge < -0.3 is 14.9 Å². The average molecular weight is 330 g/mol. The van der Waals surface area contributed by atoms with E-state index in [1.165, 1.54) is 18.2 Å². The monoisotopic (exact) mass is 329 g/mol. The fourth-order valence-electron chi connectivity index (χ4n) is 2.08. The van der Waals surface area contributed by atoms with Crippen molar-refractivity contribution in [2.24, 2.45) is 0 Å². The van der Waals surface area contributed by atoms with Gasteiger partial charge in [0, 0.05) is 5.39 Å². The summed E-state index contributed by atoms with van der Waals surface area (Å²) in [7, 11) is 0. The number of hydrogen-bond acceptors (Lipinski definition) is 5. The van der Waals surface area contributed by atoms with Crippen molar-refractivity contribution in [2.45, 2.75) is 0 Å². The van der Waals surface area contributed by atoms with Crippen molar-refractivity contribution in [1.29, 1.82) is 0 Å². The van der Waals surface area contributed by atoms with Gasteiger partial charge in [-0.1, -0.05) is 29.8 Å². The number of hydrogen-bond donors (Lipinski definition) is 1. The van der Waals surface area contributed by atoms with Crippen LogP contribution in [0.25, 0.3) is 11.0 Å². The summed E-state index contributed by atoms with van der Waals surface area (Å²) in [5, 5.41) is 1.16. The Hall–Kier alpha value is -2.79. The molecule has 0 bridgehead atoms. The number of halogens is 1. The van der Waals surface area contributed by atoms with Gasteiger partial charge in [0.2, 0.25) is 5.78 Å². The smallest absolute Gasteiger partial charge is 0.338 e. The van der Waals surface area contributed by atoms with Crippen LogP contribution >= 0.6 is 11.6 Å². The maximum Gasteiger partial charge on any atom is 0.338 e. The lowest BCUT2D eigenvalue weighted by atomic mass is 10.2. The van der Waals surface area contributed by atoms with E-state index in [0.717, 1.165) is 5.39 Å². The van der Waals surface area contributed by atoms with E-state index in [1.807, 2.05) is 18.2 Å². The lowest BCUT2D eigenvalue weighted by molar-refractivity contribution is 0.0468. The minimum atomic E-state index is -0.655. The van der Waals surface area contributed by atoms with Crippen molar-refractivity contribution in [1.82, 2.24) is 0 Å². The van der Waals surface area contributed by atoms with Gasteiger partial charge in [-0.15, -0.1) is 0 Å². The Morgan fingerprint density at radius 1 is 1.13 bits per heavy atom. The molecule has 0 atom stereocenters. The predicted octanol–water partition coefficient (Wildman–Crippen LogP) is 3.71. The number of fused-ring (bicyclic) bond motifs is 1. The Bertz CT molecular complexity index is 867. The number of para-hydroxylation sites is 1. The summed E-state index contributed by atoms with van der Waals surface area (Å²) in [6.45, 7) is -0.415. The quantitative estimate of drug-likeness (QED) is 0.448. The summed E-state index contributed by atoms with van der Waals surface area (Å²) in [4.78, 5) is 24.0. The maximum absolute atomic E-state index is 12.1. The van der Waals surface area contributed by atoms with Crippen molar-refractivity contribution < 1.29 is 18.7 Å². The molecule has 1 aromatic heterocycles. The Kier molecular flexibility index (Phi) is 4.04.